The topological polar surface area (TPSA) is 168 Å². The number of benzene rings is 3. The summed E-state index contributed by atoms with van der Waals surface area (Å²) in [4.78, 5) is 49.2. The highest BCUT2D eigenvalue weighted by Gasteiger charge is 2.27. The summed E-state index contributed by atoms with van der Waals surface area (Å²) in [6, 6.07) is 26.7. The summed E-state index contributed by atoms with van der Waals surface area (Å²) in [7, 11) is 0. The molecule has 0 aliphatic heterocycles. The Balaban J connectivity index is 1.46. The predicted octanol–water partition coefficient (Wildman–Crippen LogP) is 1.34. The number of carbonyl (C=O) groups excluding carboxylic acids is 4. The zero-order valence-electron chi connectivity index (χ0n) is 23.6. The van der Waals surface area contributed by atoms with Crippen molar-refractivity contribution in [2.45, 2.75) is 32.4 Å². The van der Waals surface area contributed by atoms with Gasteiger partial charge in [-0.25, -0.2) is 10.9 Å². The third kappa shape index (κ3) is 10.6. The molecule has 10 heteroatoms. The number of amides is 2. The lowest BCUT2D eigenvalue weighted by Crippen LogP contribution is -2.45. The second kappa shape index (κ2) is 17.6. The highest BCUT2D eigenvalue weighted by molar-refractivity contribution is 5.87. The lowest BCUT2D eigenvalue weighted by Gasteiger charge is -2.21. The van der Waals surface area contributed by atoms with Crippen LogP contribution in [0.4, 0.5) is 0 Å². The van der Waals surface area contributed by atoms with E-state index >= 15 is 0 Å². The number of nitrogens with one attached hydrogen (secondary N) is 4. The van der Waals surface area contributed by atoms with Crippen LogP contribution in [0.25, 0.3) is 0 Å². The van der Waals surface area contributed by atoms with E-state index in [-0.39, 0.29) is 37.1 Å². The van der Waals surface area contributed by atoms with Gasteiger partial charge < -0.3 is 16.3 Å². The molecule has 3 rings (SSSR count). The van der Waals surface area contributed by atoms with Crippen LogP contribution in [0.2, 0.25) is 0 Å². The first kappa shape index (κ1) is 32.3. The Hall–Kier alpha value is -4.22. The number of ketones is 1. The Kier molecular flexibility index (Phi) is 13.5. The van der Waals surface area contributed by atoms with E-state index in [0.717, 1.165) is 28.5 Å². The Morgan fingerprint density at radius 1 is 0.667 bits per heavy atom. The van der Waals surface area contributed by atoms with Gasteiger partial charge in [0.1, 0.15) is 12.1 Å². The molecule has 0 aliphatic rings. The minimum absolute atomic E-state index is 0.0756. The summed E-state index contributed by atoms with van der Waals surface area (Å²) in [6.45, 7) is 0.743. The highest BCUT2D eigenvalue weighted by atomic mass is 16.2. The number of hydrazine groups is 2. The summed E-state index contributed by atoms with van der Waals surface area (Å²) in [6.07, 6.45) is 1.66. The fourth-order valence-corrected chi connectivity index (χ4v) is 4.57. The Morgan fingerprint density at radius 3 is 1.64 bits per heavy atom. The van der Waals surface area contributed by atoms with Gasteiger partial charge in [-0.3, -0.25) is 25.2 Å². The molecule has 3 aromatic rings. The van der Waals surface area contributed by atoms with Crippen LogP contribution in [0.3, 0.4) is 0 Å². The van der Waals surface area contributed by atoms with Crippen molar-refractivity contribution in [3.63, 3.8) is 0 Å². The standard InChI is InChI=1S/C32H40N6O4/c33-18-28(22-39)30(16-24-9-5-2-6-10-24)32(42)38-36-21-26-13-11-25(12-14-26)20-35-37-31(41)27(17-29(40)19-34)15-23-7-3-1-4-8-23/h1-14,22,27-28,30,35-36H,15-21,33-34H2,(H,37,41)(H,38,42). The number of carbonyl (C=O) groups is 4. The quantitative estimate of drug-likeness (QED) is 0.0980. The molecule has 2 amide bonds. The first-order chi connectivity index (χ1) is 20.4. The van der Waals surface area contributed by atoms with Crippen LogP contribution in [0.1, 0.15) is 28.7 Å². The molecule has 0 aliphatic carbocycles. The third-order valence-corrected chi connectivity index (χ3v) is 7.03. The number of rotatable bonds is 18. The van der Waals surface area contributed by atoms with Gasteiger partial charge in [0.2, 0.25) is 11.8 Å². The molecule has 0 radical (unpaired) electrons. The van der Waals surface area contributed by atoms with E-state index in [2.05, 4.69) is 21.7 Å². The lowest BCUT2D eigenvalue weighted by molar-refractivity contribution is -0.130. The fourth-order valence-electron chi connectivity index (χ4n) is 4.57. The maximum atomic E-state index is 12.9. The normalized spacial score (nSPS) is 13.0. The molecule has 0 spiro atoms. The smallest absolute Gasteiger partial charge is 0.238 e. The van der Waals surface area contributed by atoms with Gasteiger partial charge >= 0.3 is 0 Å². The molecular formula is C32H40N6O4. The van der Waals surface area contributed by atoms with Crippen LogP contribution in [-0.2, 0) is 45.1 Å². The minimum atomic E-state index is -0.591. The van der Waals surface area contributed by atoms with Gasteiger partial charge in [0.15, 0.2) is 0 Å². The van der Waals surface area contributed by atoms with Gasteiger partial charge in [0.25, 0.3) is 0 Å². The molecule has 0 aromatic heterocycles. The second-order valence-electron chi connectivity index (χ2n) is 10.2. The molecule has 0 fully saturated rings. The van der Waals surface area contributed by atoms with E-state index in [0.29, 0.717) is 25.9 Å². The van der Waals surface area contributed by atoms with Gasteiger partial charge in [-0.2, -0.15) is 0 Å². The number of aldehydes is 1. The van der Waals surface area contributed by atoms with Crippen LogP contribution in [0.5, 0.6) is 0 Å². The molecule has 3 unspecified atom stereocenters. The van der Waals surface area contributed by atoms with E-state index in [1.54, 1.807) is 0 Å². The maximum Gasteiger partial charge on any atom is 0.238 e. The van der Waals surface area contributed by atoms with Crippen LogP contribution in [0.15, 0.2) is 84.9 Å². The molecule has 3 aromatic carbocycles. The molecule has 0 saturated heterocycles. The van der Waals surface area contributed by atoms with Crippen LogP contribution < -0.4 is 33.2 Å². The van der Waals surface area contributed by atoms with Crippen LogP contribution >= 0.6 is 0 Å². The molecule has 8 N–H and O–H groups in total. The van der Waals surface area contributed by atoms with E-state index in [9.17, 15) is 19.2 Å². The van der Waals surface area contributed by atoms with Crippen molar-refractivity contribution in [1.82, 2.24) is 21.7 Å². The van der Waals surface area contributed by atoms with Gasteiger partial charge in [-0.1, -0.05) is 84.9 Å². The highest BCUT2D eigenvalue weighted by Crippen LogP contribution is 2.17. The average Bonchev–Trinajstić information content (AvgIpc) is 3.02. The van der Waals surface area contributed by atoms with E-state index in [4.69, 9.17) is 11.5 Å². The first-order valence-electron chi connectivity index (χ1n) is 14.0. The van der Waals surface area contributed by atoms with Crippen molar-refractivity contribution < 1.29 is 19.2 Å². The monoisotopic (exact) mass is 572 g/mol. The average molecular weight is 573 g/mol. The van der Waals surface area contributed by atoms with Gasteiger partial charge in [0.05, 0.1) is 18.4 Å². The molecule has 0 bridgehead atoms. The lowest BCUT2D eigenvalue weighted by atomic mass is 9.87. The number of nitrogens with two attached hydrogens (primary N) is 2. The zero-order chi connectivity index (χ0) is 30.2. The molecule has 10 nitrogen and oxygen atoms in total. The summed E-state index contributed by atoms with van der Waals surface area (Å²) < 4.78 is 0. The molecule has 3 atom stereocenters. The Bertz CT molecular complexity index is 1270. The number of Topliss-reactive ketones (excluding diaryl/α,β-unsaturated/α-hetero) is 1. The first-order valence-corrected chi connectivity index (χ1v) is 14.0. The summed E-state index contributed by atoms with van der Waals surface area (Å²) in [5, 5.41) is 0. The van der Waals surface area contributed by atoms with Crippen molar-refractivity contribution >= 4 is 23.9 Å². The molecule has 0 heterocycles. The van der Waals surface area contributed by atoms with Crippen molar-refractivity contribution in [2.24, 2.45) is 29.2 Å². The molecule has 0 saturated carbocycles. The zero-order valence-corrected chi connectivity index (χ0v) is 23.6. The van der Waals surface area contributed by atoms with Crippen molar-refractivity contribution in [3.05, 3.63) is 107 Å². The van der Waals surface area contributed by atoms with E-state index in [1.807, 2.05) is 84.9 Å². The third-order valence-electron chi connectivity index (χ3n) is 7.03. The fraction of sp³-hybridized carbons (Fsp3) is 0.312. The number of hydrogen-bond donors (Lipinski definition) is 6. The molecule has 42 heavy (non-hydrogen) atoms. The predicted molar refractivity (Wildman–Crippen MR) is 161 cm³/mol. The van der Waals surface area contributed by atoms with Gasteiger partial charge in [-0.05, 0) is 35.1 Å². The summed E-state index contributed by atoms with van der Waals surface area (Å²) >= 11 is 0. The SMILES string of the molecule is NCC(=O)CC(Cc1ccccc1)C(=O)NNCc1ccc(CNNC(=O)C(Cc2ccccc2)C(C=O)CN)cc1. The minimum Gasteiger partial charge on any atom is -0.330 e. The van der Waals surface area contributed by atoms with Crippen molar-refractivity contribution in [1.29, 1.82) is 0 Å². The second-order valence-corrected chi connectivity index (χ2v) is 10.2. The Morgan fingerprint density at radius 2 is 1.17 bits per heavy atom. The summed E-state index contributed by atoms with van der Waals surface area (Å²) in [5.41, 5.74) is 26.3. The largest absolute Gasteiger partial charge is 0.330 e. The molecular weight excluding hydrogens is 532 g/mol. The van der Waals surface area contributed by atoms with Crippen LogP contribution in [-0.4, -0.2) is 37.0 Å². The Labute approximate surface area is 246 Å². The van der Waals surface area contributed by atoms with Crippen molar-refractivity contribution in [3.8, 4) is 0 Å². The maximum absolute atomic E-state index is 12.9. The van der Waals surface area contributed by atoms with E-state index < -0.39 is 17.8 Å². The summed E-state index contributed by atoms with van der Waals surface area (Å²) in [5.74, 6) is -2.44. The number of hydrogen-bond acceptors (Lipinski definition) is 8. The van der Waals surface area contributed by atoms with Crippen molar-refractivity contribution in [2.75, 3.05) is 13.1 Å². The molecule has 222 valence electrons. The van der Waals surface area contributed by atoms with Crippen LogP contribution in [0, 0.1) is 17.8 Å². The van der Waals surface area contributed by atoms with Gasteiger partial charge in [-0.15, -0.1) is 0 Å². The van der Waals surface area contributed by atoms with Gasteiger partial charge in [0, 0.05) is 32.0 Å². The van der Waals surface area contributed by atoms with E-state index in [1.165, 1.54) is 0 Å².